The zero-order valence-electron chi connectivity index (χ0n) is 12.9. The third-order valence-corrected chi connectivity index (χ3v) is 4.59. The van der Waals surface area contributed by atoms with Gasteiger partial charge in [-0.1, -0.05) is 32.8 Å². The molecule has 20 heavy (non-hydrogen) atoms. The lowest BCUT2D eigenvalue weighted by atomic mass is 9.70. The van der Waals surface area contributed by atoms with Crippen LogP contribution in [0.25, 0.3) is 0 Å². The SMILES string of the molecule is Cc1cc(F)cc(C(NN)C2(CC(C)C)CCCC2)c1. The van der Waals surface area contributed by atoms with Crippen LogP contribution in [0.4, 0.5) is 4.39 Å². The third-order valence-electron chi connectivity index (χ3n) is 4.59. The standard InChI is InChI=1S/C17H27FN2/c1-12(2)11-17(6-4-5-7-17)16(20-19)14-8-13(3)9-15(18)10-14/h8-10,12,16,20H,4-7,11,19H2,1-3H3. The van der Waals surface area contributed by atoms with E-state index in [0.717, 1.165) is 17.5 Å². The summed E-state index contributed by atoms with van der Waals surface area (Å²) in [4.78, 5) is 0. The van der Waals surface area contributed by atoms with Crippen molar-refractivity contribution in [2.24, 2.45) is 17.2 Å². The van der Waals surface area contributed by atoms with Gasteiger partial charge in [0.2, 0.25) is 0 Å². The molecule has 1 aromatic rings. The lowest BCUT2D eigenvalue weighted by Crippen LogP contribution is -2.41. The minimum Gasteiger partial charge on any atom is -0.271 e. The van der Waals surface area contributed by atoms with Gasteiger partial charge >= 0.3 is 0 Å². The number of nitrogens with one attached hydrogen (secondary N) is 1. The predicted molar refractivity (Wildman–Crippen MR) is 81.6 cm³/mol. The van der Waals surface area contributed by atoms with Crippen LogP contribution in [0.3, 0.4) is 0 Å². The number of aryl methyl sites for hydroxylation is 1. The van der Waals surface area contributed by atoms with E-state index in [1.54, 1.807) is 12.1 Å². The maximum atomic E-state index is 13.7. The van der Waals surface area contributed by atoms with Gasteiger partial charge in [-0.3, -0.25) is 11.3 Å². The second-order valence-corrected chi connectivity index (χ2v) is 6.83. The molecule has 1 aliphatic rings. The molecule has 1 aromatic carbocycles. The van der Waals surface area contributed by atoms with Crippen molar-refractivity contribution in [3.8, 4) is 0 Å². The normalized spacial score (nSPS) is 19.5. The molecule has 0 aliphatic heterocycles. The molecule has 1 unspecified atom stereocenters. The first-order chi connectivity index (χ1) is 9.47. The van der Waals surface area contributed by atoms with Gasteiger partial charge in [-0.05, 0) is 60.8 Å². The van der Waals surface area contributed by atoms with E-state index in [2.05, 4.69) is 25.3 Å². The average Bonchev–Trinajstić information content (AvgIpc) is 2.76. The Labute approximate surface area is 121 Å². The number of hydrazine groups is 1. The molecule has 0 spiro atoms. The second-order valence-electron chi connectivity index (χ2n) is 6.83. The van der Waals surface area contributed by atoms with Crippen LogP contribution in [0.5, 0.6) is 0 Å². The van der Waals surface area contributed by atoms with Crippen LogP contribution in [-0.4, -0.2) is 0 Å². The molecule has 112 valence electrons. The number of hydrogen-bond donors (Lipinski definition) is 2. The Hall–Kier alpha value is -0.930. The van der Waals surface area contributed by atoms with Crippen LogP contribution in [0.2, 0.25) is 0 Å². The first kappa shape index (κ1) is 15.5. The number of rotatable bonds is 5. The quantitative estimate of drug-likeness (QED) is 0.624. The van der Waals surface area contributed by atoms with Crippen molar-refractivity contribution in [2.75, 3.05) is 0 Å². The summed E-state index contributed by atoms with van der Waals surface area (Å²) in [5.41, 5.74) is 5.11. The van der Waals surface area contributed by atoms with Crippen LogP contribution in [0.15, 0.2) is 18.2 Å². The van der Waals surface area contributed by atoms with Crippen LogP contribution >= 0.6 is 0 Å². The Morgan fingerprint density at radius 3 is 2.40 bits per heavy atom. The Balaban J connectivity index is 2.37. The summed E-state index contributed by atoms with van der Waals surface area (Å²) in [7, 11) is 0. The van der Waals surface area contributed by atoms with Crippen molar-refractivity contribution in [3.63, 3.8) is 0 Å². The molecule has 0 bridgehead atoms. The molecule has 0 aromatic heterocycles. The first-order valence-corrected chi connectivity index (χ1v) is 7.70. The highest BCUT2D eigenvalue weighted by Crippen LogP contribution is 2.51. The van der Waals surface area contributed by atoms with E-state index in [1.165, 1.54) is 25.7 Å². The molecule has 1 fully saturated rings. The van der Waals surface area contributed by atoms with Gasteiger partial charge in [0.05, 0.1) is 6.04 Å². The maximum absolute atomic E-state index is 13.7. The van der Waals surface area contributed by atoms with Crippen molar-refractivity contribution in [1.29, 1.82) is 0 Å². The summed E-state index contributed by atoms with van der Waals surface area (Å²) in [6.07, 6.45) is 5.99. The first-order valence-electron chi connectivity index (χ1n) is 7.70. The number of benzene rings is 1. The van der Waals surface area contributed by atoms with E-state index in [-0.39, 0.29) is 17.3 Å². The van der Waals surface area contributed by atoms with Crippen molar-refractivity contribution < 1.29 is 4.39 Å². The van der Waals surface area contributed by atoms with E-state index in [0.29, 0.717) is 5.92 Å². The van der Waals surface area contributed by atoms with Gasteiger partial charge in [0.1, 0.15) is 5.82 Å². The monoisotopic (exact) mass is 278 g/mol. The van der Waals surface area contributed by atoms with E-state index in [9.17, 15) is 4.39 Å². The van der Waals surface area contributed by atoms with E-state index < -0.39 is 0 Å². The predicted octanol–water partition coefficient (Wildman–Crippen LogP) is 4.25. The number of halogens is 1. The van der Waals surface area contributed by atoms with Gasteiger partial charge in [0.15, 0.2) is 0 Å². The molecule has 1 aliphatic carbocycles. The van der Waals surface area contributed by atoms with Gasteiger partial charge in [-0.25, -0.2) is 4.39 Å². The molecule has 1 atom stereocenters. The Bertz CT molecular complexity index is 430. The number of nitrogens with two attached hydrogens (primary N) is 1. The topological polar surface area (TPSA) is 38.0 Å². The van der Waals surface area contributed by atoms with E-state index in [4.69, 9.17) is 5.84 Å². The van der Waals surface area contributed by atoms with Crippen LogP contribution in [0.1, 0.15) is 63.1 Å². The average molecular weight is 278 g/mol. The van der Waals surface area contributed by atoms with Gasteiger partial charge < -0.3 is 0 Å². The van der Waals surface area contributed by atoms with Gasteiger partial charge in [0.25, 0.3) is 0 Å². The number of hydrogen-bond acceptors (Lipinski definition) is 2. The summed E-state index contributed by atoms with van der Waals surface area (Å²) in [6, 6.07) is 5.31. The molecule has 2 nitrogen and oxygen atoms in total. The summed E-state index contributed by atoms with van der Waals surface area (Å²) in [6.45, 7) is 6.44. The molecular formula is C17H27FN2. The lowest BCUT2D eigenvalue weighted by Gasteiger charge is -2.39. The summed E-state index contributed by atoms with van der Waals surface area (Å²) in [5, 5.41) is 0. The zero-order chi connectivity index (χ0) is 14.8. The summed E-state index contributed by atoms with van der Waals surface area (Å²) in [5.74, 6) is 6.33. The fraction of sp³-hybridized carbons (Fsp3) is 0.647. The van der Waals surface area contributed by atoms with Crippen molar-refractivity contribution >= 4 is 0 Å². The largest absolute Gasteiger partial charge is 0.271 e. The molecule has 0 saturated heterocycles. The third kappa shape index (κ3) is 3.21. The highest BCUT2D eigenvalue weighted by Gasteiger charge is 2.42. The van der Waals surface area contributed by atoms with Crippen LogP contribution in [0, 0.1) is 24.1 Å². The maximum Gasteiger partial charge on any atom is 0.123 e. The van der Waals surface area contributed by atoms with Crippen molar-refractivity contribution in [3.05, 3.63) is 35.1 Å². The Morgan fingerprint density at radius 1 is 1.25 bits per heavy atom. The lowest BCUT2D eigenvalue weighted by molar-refractivity contribution is 0.155. The summed E-state index contributed by atoms with van der Waals surface area (Å²) >= 11 is 0. The van der Waals surface area contributed by atoms with Gasteiger partial charge in [-0.15, -0.1) is 0 Å². The molecule has 2 rings (SSSR count). The fourth-order valence-corrected chi connectivity index (χ4v) is 4.06. The fourth-order valence-electron chi connectivity index (χ4n) is 4.06. The molecule has 0 heterocycles. The van der Waals surface area contributed by atoms with Crippen molar-refractivity contribution in [1.82, 2.24) is 5.43 Å². The molecule has 3 heteroatoms. The van der Waals surface area contributed by atoms with Gasteiger partial charge in [0, 0.05) is 0 Å². The molecule has 0 radical (unpaired) electrons. The van der Waals surface area contributed by atoms with E-state index in [1.807, 2.05) is 6.92 Å². The molecule has 1 saturated carbocycles. The highest BCUT2D eigenvalue weighted by molar-refractivity contribution is 5.28. The zero-order valence-corrected chi connectivity index (χ0v) is 12.9. The van der Waals surface area contributed by atoms with Crippen LogP contribution in [-0.2, 0) is 0 Å². The Kier molecular flexibility index (Phi) is 4.82. The van der Waals surface area contributed by atoms with Gasteiger partial charge in [-0.2, -0.15) is 0 Å². The Morgan fingerprint density at radius 2 is 1.90 bits per heavy atom. The van der Waals surface area contributed by atoms with E-state index >= 15 is 0 Å². The van der Waals surface area contributed by atoms with Crippen LogP contribution < -0.4 is 11.3 Å². The molecule has 3 N–H and O–H groups in total. The molecule has 0 amide bonds. The molecular weight excluding hydrogens is 251 g/mol. The van der Waals surface area contributed by atoms with Crippen molar-refractivity contribution in [2.45, 2.75) is 58.9 Å². The minimum atomic E-state index is -0.169. The second kappa shape index (κ2) is 6.23. The highest BCUT2D eigenvalue weighted by atomic mass is 19.1. The smallest absolute Gasteiger partial charge is 0.123 e. The minimum absolute atomic E-state index is 0.0433. The summed E-state index contributed by atoms with van der Waals surface area (Å²) < 4.78 is 13.7.